The number of nitrogens with zero attached hydrogens (tertiary/aromatic N) is 3. The lowest BCUT2D eigenvalue weighted by molar-refractivity contribution is 0.0784. The van der Waals surface area contributed by atoms with Gasteiger partial charge in [0.05, 0.1) is 11.3 Å². The molecule has 0 saturated heterocycles. The fourth-order valence-corrected chi connectivity index (χ4v) is 2.91. The highest BCUT2D eigenvalue weighted by Crippen LogP contribution is 2.25. The molecule has 25 heavy (non-hydrogen) atoms. The average Bonchev–Trinajstić information content (AvgIpc) is 2.62. The molecule has 2 aromatic rings. The van der Waals surface area contributed by atoms with Crippen LogP contribution in [0, 0.1) is 0 Å². The van der Waals surface area contributed by atoms with Crippen molar-refractivity contribution >= 4 is 29.3 Å². The SMILES string of the molecule is CC.CC.CSc1cc(N)nc(SCc2cc(C(C)(C)O)ccn2)n1. The molecule has 0 bridgehead atoms. The van der Waals surface area contributed by atoms with Gasteiger partial charge >= 0.3 is 0 Å². The number of anilines is 1. The van der Waals surface area contributed by atoms with Gasteiger partial charge in [-0.05, 0) is 37.8 Å². The van der Waals surface area contributed by atoms with Gasteiger partial charge in [-0.1, -0.05) is 39.5 Å². The van der Waals surface area contributed by atoms with E-state index < -0.39 is 5.60 Å². The summed E-state index contributed by atoms with van der Waals surface area (Å²) in [7, 11) is 0. The molecule has 0 aliphatic heterocycles. The van der Waals surface area contributed by atoms with Gasteiger partial charge in [-0.2, -0.15) is 0 Å². The van der Waals surface area contributed by atoms with Gasteiger partial charge in [-0.25, -0.2) is 9.97 Å². The highest BCUT2D eigenvalue weighted by atomic mass is 32.2. The predicted octanol–water partition coefficient (Wildman–Crippen LogP) is 4.75. The van der Waals surface area contributed by atoms with E-state index in [-0.39, 0.29) is 0 Å². The van der Waals surface area contributed by atoms with E-state index in [1.54, 1.807) is 26.1 Å². The minimum atomic E-state index is -0.873. The van der Waals surface area contributed by atoms with Crippen LogP contribution in [-0.2, 0) is 11.4 Å². The number of aromatic nitrogens is 3. The molecule has 0 atom stereocenters. The van der Waals surface area contributed by atoms with Crippen molar-refractivity contribution in [1.82, 2.24) is 15.0 Å². The molecule has 0 unspecified atom stereocenters. The summed E-state index contributed by atoms with van der Waals surface area (Å²) in [6.07, 6.45) is 3.65. The first-order chi connectivity index (χ1) is 11.9. The van der Waals surface area contributed by atoms with E-state index in [2.05, 4.69) is 15.0 Å². The molecule has 0 amide bonds. The maximum Gasteiger partial charge on any atom is 0.190 e. The molecule has 0 radical (unpaired) electrons. The molecule has 5 nitrogen and oxygen atoms in total. The van der Waals surface area contributed by atoms with Gasteiger partial charge < -0.3 is 10.8 Å². The second-order valence-corrected chi connectivity index (χ2v) is 6.77. The number of thioether (sulfide) groups is 2. The molecule has 2 rings (SSSR count). The van der Waals surface area contributed by atoms with Crippen LogP contribution in [0.4, 0.5) is 5.82 Å². The van der Waals surface area contributed by atoms with Gasteiger partial charge in [-0.3, -0.25) is 4.98 Å². The molecule has 0 saturated carbocycles. The van der Waals surface area contributed by atoms with Crippen LogP contribution in [0.5, 0.6) is 0 Å². The molecule has 2 heterocycles. The summed E-state index contributed by atoms with van der Waals surface area (Å²) in [6.45, 7) is 11.5. The summed E-state index contributed by atoms with van der Waals surface area (Å²) in [6, 6.07) is 5.47. The lowest BCUT2D eigenvalue weighted by Gasteiger charge is -2.18. The van der Waals surface area contributed by atoms with E-state index in [1.807, 2.05) is 46.1 Å². The van der Waals surface area contributed by atoms with Crippen molar-refractivity contribution < 1.29 is 5.11 Å². The number of aliphatic hydroxyl groups is 1. The maximum atomic E-state index is 10.0. The number of nitrogen functional groups attached to an aromatic ring is 1. The topological polar surface area (TPSA) is 84.9 Å². The summed E-state index contributed by atoms with van der Waals surface area (Å²) in [4.78, 5) is 12.9. The van der Waals surface area contributed by atoms with Gasteiger partial charge in [-0.15, -0.1) is 11.8 Å². The van der Waals surface area contributed by atoms with Crippen LogP contribution in [0.25, 0.3) is 0 Å². The Labute approximate surface area is 160 Å². The van der Waals surface area contributed by atoms with Crippen LogP contribution in [-0.4, -0.2) is 26.3 Å². The highest BCUT2D eigenvalue weighted by Gasteiger charge is 2.16. The molecule has 7 heteroatoms. The van der Waals surface area contributed by atoms with Gasteiger partial charge in [0.2, 0.25) is 0 Å². The monoisotopic (exact) mass is 382 g/mol. The second-order valence-electron chi connectivity index (χ2n) is 5.00. The largest absolute Gasteiger partial charge is 0.386 e. The molecular weight excluding hydrogens is 352 g/mol. The Balaban J connectivity index is 0.00000134. The number of hydrogen-bond donors (Lipinski definition) is 2. The molecule has 140 valence electrons. The van der Waals surface area contributed by atoms with E-state index in [0.29, 0.717) is 16.7 Å². The average molecular weight is 383 g/mol. The summed E-state index contributed by atoms with van der Waals surface area (Å²) in [5.74, 6) is 1.09. The van der Waals surface area contributed by atoms with E-state index in [0.717, 1.165) is 16.3 Å². The molecule has 0 aromatic carbocycles. The minimum Gasteiger partial charge on any atom is -0.386 e. The third-order valence-electron chi connectivity index (χ3n) is 2.78. The molecule has 0 aliphatic carbocycles. The van der Waals surface area contributed by atoms with Crippen molar-refractivity contribution in [3.63, 3.8) is 0 Å². The van der Waals surface area contributed by atoms with Gasteiger partial charge in [0.15, 0.2) is 5.16 Å². The standard InChI is InChI=1S/C14H18N4OS2.2C2H6/c1-14(2,19)9-4-5-16-10(6-9)8-21-13-17-11(15)7-12(18-13)20-3;2*1-2/h4-7,19H,8H2,1-3H3,(H2,15,17,18);2*1-2H3. The highest BCUT2D eigenvalue weighted by molar-refractivity contribution is 7.99. The van der Waals surface area contributed by atoms with Crippen LogP contribution in [0.15, 0.2) is 34.6 Å². The molecule has 2 aromatic heterocycles. The minimum absolute atomic E-state index is 0.468. The Bertz CT molecular complexity index is 631. The maximum absolute atomic E-state index is 10.0. The zero-order chi connectivity index (χ0) is 19.5. The zero-order valence-corrected chi connectivity index (χ0v) is 17.8. The van der Waals surface area contributed by atoms with E-state index in [1.165, 1.54) is 23.5 Å². The van der Waals surface area contributed by atoms with Crippen LogP contribution >= 0.6 is 23.5 Å². The Kier molecular flexibility index (Phi) is 11.5. The van der Waals surface area contributed by atoms with Gasteiger partial charge in [0.25, 0.3) is 0 Å². The third kappa shape index (κ3) is 8.56. The number of nitrogens with two attached hydrogens (primary N) is 1. The molecule has 0 fully saturated rings. The number of rotatable bonds is 5. The molecular formula is C18H30N4OS2. The van der Waals surface area contributed by atoms with Crippen LogP contribution in [0.3, 0.4) is 0 Å². The Morgan fingerprint density at radius 3 is 2.32 bits per heavy atom. The Hall–Kier alpha value is -1.31. The van der Waals surface area contributed by atoms with Crippen LogP contribution in [0.1, 0.15) is 52.8 Å². The fourth-order valence-electron chi connectivity index (χ4n) is 1.67. The smallest absolute Gasteiger partial charge is 0.190 e. The van der Waals surface area contributed by atoms with E-state index >= 15 is 0 Å². The third-order valence-corrected chi connectivity index (χ3v) is 4.29. The van der Waals surface area contributed by atoms with E-state index in [9.17, 15) is 5.11 Å². The van der Waals surface area contributed by atoms with Crippen molar-refractivity contribution in [2.75, 3.05) is 12.0 Å². The lowest BCUT2D eigenvalue weighted by Crippen LogP contribution is -2.15. The fraction of sp³-hybridized carbons (Fsp3) is 0.500. The van der Waals surface area contributed by atoms with Crippen molar-refractivity contribution in [3.05, 3.63) is 35.7 Å². The van der Waals surface area contributed by atoms with Crippen LogP contribution in [0.2, 0.25) is 0 Å². The molecule has 3 N–H and O–H groups in total. The van der Waals surface area contributed by atoms with Crippen molar-refractivity contribution in [2.45, 2.75) is 63.1 Å². The first kappa shape index (κ1) is 23.7. The first-order valence-corrected chi connectivity index (χ1v) is 10.6. The normalized spacial score (nSPS) is 10.2. The first-order valence-electron chi connectivity index (χ1n) is 8.37. The zero-order valence-electron chi connectivity index (χ0n) is 16.2. The van der Waals surface area contributed by atoms with Gasteiger partial charge in [0, 0.05) is 18.0 Å². The second kappa shape index (κ2) is 12.1. The molecule has 0 aliphatic rings. The Morgan fingerprint density at radius 1 is 1.12 bits per heavy atom. The predicted molar refractivity (Wildman–Crippen MR) is 110 cm³/mol. The van der Waals surface area contributed by atoms with E-state index in [4.69, 9.17) is 5.73 Å². The van der Waals surface area contributed by atoms with Gasteiger partial charge in [0.1, 0.15) is 10.8 Å². The van der Waals surface area contributed by atoms with Crippen LogP contribution < -0.4 is 5.73 Å². The lowest BCUT2D eigenvalue weighted by atomic mass is 9.99. The van der Waals surface area contributed by atoms with Crippen molar-refractivity contribution in [1.29, 1.82) is 0 Å². The summed E-state index contributed by atoms with van der Waals surface area (Å²) < 4.78 is 0. The molecule has 0 spiro atoms. The Morgan fingerprint density at radius 2 is 1.76 bits per heavy atom. The summed E-state index contributed by atoms with van der Waals surface area (Å²) in [5, 5.41) is 11.5. The quantitative estimate of drug-likeness (QED) is 0.438. The number of pyridine rings is 1. The summed E-state index contributed by atoms with van der Waals surface area (Å²) >= 11 is 3.01. The summed E-state index contributed by atoms with van der Waals surface area (Å²) in [5.41, 5.74) is 6.60. The number of hydrogen-bond acceptors (Lipinski definition) is 7. The van der Waals surface area contributed by atoms with Crippen molar-refractivity contribution in [3.8, 4) is 0 Å². The van der Waals surface area contributed by atoms with Crippen molar-refractivity contribution in [2.24, 2.45) is 0 Å².